The van der Waals surface area contributed by atoms with Crippen molar-refractivity contribution in [3.05, 3.63) is 34.2 Å². The molecule has 15 heavy (non-hydrogen) atoms. The summed E-state index contributed by atoms with van der Waals surface area (Å²) in [6.07, 6.45) is 0. The van der Waals surface area contributed by atoms with Crippen LogP contribution in [0.1, 0.15) is 4.88 Å². The number of nitrogens with two attached hydrogens (primary N) is 1. The van der Waals surface area contributed by atoms with Gasteiger partial charge in [-0.2, -0.15) is 0 Å². The summed E-state index contributed by atoms with van der Waals surface area (Å²) in [5.74, 6) is 5.31. The fourth-order valence-corrected chi connectivity index (χ4v) is 2.32. The number of nitrogens with one attached hydrogen (secondary N) is 1. The van der Waals surface area contributed by atoms with Crippen molar-refractivity contribution < 1.29 is 0 Å². The third-order valence-corrected chi connectivity index (χ3v) is 3.28. The number of rotatable bonds is 2. The van der Waals surface area contributed by atoms with Gasteiger partial charge in [-0.3, -0.25) is 5.43 Å². The lowest BCUT2D eigenvalue weighted by Gasteiger charge is -2.00. The molecular formula is C10H10ClN3S. The van der Waals surface area contributed by atoms with Crippen molar-refractivity contribution in [3.63, 3.8) is 0 Å². The number of benzene rings is 1. The summed E-state index contributed by atoms with van der Waals surface area (Å²) >= 11 is 7.61. The minimum absolute atomic E-state index is 0.697. The van der Waals surface area contributed by atoms with Crippen LogP contribution in [-0.2, 0) is 0 Å². The van der Waals surface area contributed by atoms with Crippen molar-refractivity contribution in [1.29, 1.82) is 0 Å². The maximum atomic E-state index is 6.10. The predicted molar refractivity (Wildman–Crippen MR) is 65.1 cm³/mol. The van der Waals surface area contributed by atoms with Crippen molar-refractivity contribution in [1.82, 2.24) is 4.98 Å². The van der Waals surface area contributed by atoms with Crippen molar-refractivity contribution in [2.75, 3.05) is 5.43 Å². The van der Waals surface area contributed by atoms with E-state index in [0.717, 1.165) is 16.1 Å². The number of hydrazine groups is 1. The number of halogens is 1. The van der Waals surface area contributed by atoms with E-state index in [1.54, 1.807) is 0 Å². The highest BCUT2D eigenvalue weighted by Gasteiger charge is 2.11. The Morgan fingerprint density at radius 3 is 2.73 bits per heavy atom. The Balaban J connectivity index is 2.54. The quantitative estimate of drug-likeness (QED) is 0.626. The van der Waals surface area contributed by atoms with Gasteiger partial charge in [0.15, 0.2) is 5.13 Å². The van der Waals surface area contributed by atoms with Crippen LogP contribution >= 0.6 is 22.9 Å². The van der Waals surface area contributed by atoms with E-state index >= 15 is 0 Å². The summed E-state index contributed by atoms with van der Waals surface area (Å²) < 4.78 is 0. The molecule has 5 heteroatoms. The first-order chi connectivity index (χ1) is 7.22. The molecule has 0 unspecified atom stereocenters. The van der Waals surface area contributed by atoms with Crippen LogP contribution in [0.3, 0.4) is 0 Å². The summed E-state index contributed by atoms with van der Waals surface area (Å²) in [7, 11) is 0. The van der Waals surface area contributed by atoms with Crippen molar-refractivity contribution in [2.45, 2.75) is 6.92 Å². The highest BCUT2D eigenvalue weighted by molar-refractivity contribution is 7.15. The zero-order valence-corrected chi connectivity index (χ0v) is 9.69. The molecule has 1 aromatic heterocycles. The first kappa shape index (κ1) is 10.4. The molecule has 0 saturated heterocycles. The van der Waals surface area contributed by atoms with Crippen LogP contribution in [0.5, 0.6) is 0 Å². The van der Waals surface area contributed by atoms with Gasteiger partial charge in [-0.15, -0.1) is 11.3 Å². The minimum Gasteiger partial charge on any atom is -0.300 e. The van der Waals surface area contributed by atoms with Gasteiger partial charge >= 0.3 is 0 Å². The number of hydrogen-bond donors (Lipinski definition) is 2. The molecule has 0 aliphatic heterocycles. The standard InChI is InChI=1S/C10H10ClN3S/c1-6-9(13-10(14-12)15-6)7-4-2-3-5-8(7)11/h2-5H,12H2,1H3,(H,13,14). The second-order valence-electron chi connectivity index (χ2n) is 3.05. The number of hydrogen-bond acceptors (Lipinski definition) is 4. The first-order valence-corrected chi connectivity index (χ1v) is 5.60. The molecule has 0 saturated carbocycles. The molecule has 0 spiro atoms. The molecule has 1 aromatic carbocycles. The molecule has 0 bridgehead atoms. The predicted octanol–water partition coefficient (Wildman–Crippen LogP) is 3.06. The average Bonchev–Trinajstić information content (AvgIpc) is 2.60. The lowest BCUT2D eigenvalue weighted by molar-refractivity contribution is 1.28. The summed E-state index contributed by atoms with van der Waals surface area (Å²) in [6, 6.07) is 7.64. The number of thiazole rings is 1. The summed E-state index contributed by atoms with van der Waals surface area (Å²) in [5, 5.41) is 1.40. The van der Waals surface area contributed by atoms with Crippen LogP contribution in [0.15, 0.2) is 24.3 Å². The van der Waals surface area contributed by atoms with Crippen LogP contribution in [0, 0.1) is 6.92 Å². The van der Waals surface area contributed by atoms with Gasteiger partial charge in [-0.25, -0.2) is 10.8 Å². The van der Waals surface area contributed by atoms with Crippen LogP contribution in [0.2, 0.25) is 5.02 Å². The van der Waals surface area contributed by atoms with Gasteiger partial charge in [-0.05, 0) is 13.0 Å². The molecule has 0 radical (unpaired) electrons. The van der Waals surface area contributed by atoms with Crippen LogP contribution in [-0.4, -0.2) is 4.98 Å². The zero-order chi connectivity index (χ0) is 10.8. The van der Waals surface area contributed by atoms with E-state index in [2.05, 4.69) is 10.4 Å². The van der Waals surface area contributed by atoms with Crippen LogP contribution < -0.4 is 11.3 Å². The third-order valence-electron chi connectivity index (χ3n) is 2.05. The number of nitrogen functional groups attached to an aromatic ring is 1. The molecule has 1 heterocycles. The SMILES string of the molecule is Cc1sc(NN)nc1-c1ccccc1Cl. The molecular weight excluding hydrogens is 230 g/mol. The van der Waals surface area contributed by atoms with E-state index < -0.39 is 0 Å². The van der Waals surface area contributed by atoms with Gasteiger partial charge in [-0.1, -0.05) is 29.8 Å². The lowest BCUT2D eigenvalue weighted by atomic mass is 10.1. The van der Waals surface area contributed by atoms with Crippen molar-refractivity contribution in [3.8, 4) is 11.3 Å². The fourth-order valence-electron chi connectivity index (χ4n) is 1.36. The maximum Gasteiger partial charge on any atom is 0.197 e. The molecule has 2 rings (SSSR count). The van der Waals surface area contributed by atoms with Crippen molar-refractivity contribution in [2.24, 2.45) is 5.84 Å². The normalized spacial score (nSPS) is 10.3. The highest BCUT2D eigenvalue weighted by atomic mass is 35.5. The van der Waals surface area contributed by atoms with Crippen LogP contribution in [0.25, 0.3) is 11.3 Å². The topological polar surface area (TPSA) is 50.9 Å². The Bertz CT molecular complexity index is 481. The molecule has 0 fully saturated rings. The highest BCUT2D eigenvalue weighted by Crippen LogP contribution is 2.33. The molecule has 2 aromatic rings. The Labute approximate surface area is 96.9 Å². The molecule has 0 aliphatic rings. The number of aryl methyl sites for hydroxylation is 1. The molecule has 78 valence electrons. The molecule has 0 atom stereocenters. The van der Waals surface area contributed by atoms with E-state index in [0.29, 0.717) is 10.2 Å². The van der Waals surface area contributed by atoms with E-state index in [9.17, 15) is 0 Å². The fraction of sp³-hybridized carbons (Fsp3) is 0.100. The molecule has 3 nitrogen and oxygen atoms in total. The van der Waals surface area contributed by atoms with Gasteiger partial charge in [0.1, 0.15) is 0 Å². The van der Waals surface area contributed by atoms with Crippen molar-refractivity contribution >= 4 is 28.1 Å². The van der Waals surface area contributed by atoms with E-state index in [1.807, 2.05) is 31.2 Å². The van der Waals surface area contributed by atoms with Gasteiger partial charge < -0.3 is 0 Å². The summed E-state index contributed by atoms with van der Waals surface area (Å²) in [4.78, 5) is 5.45. The smallest absolute Gasteiger partial charge is 0.197 e. The van der Waals surface area contributed by atoms with E-state index in [1.165, 1.54) is 11.3 Å². The van der Waals surface area contributed by atoms with E-state index in [4.69, 9.17) is 17.4 Å². The third kappa shape index (κ3) is 1.97. The Hall–Kier alpha value is -1.10. The zero-order valence-electron chi connectivity index (χ0n) is 8.12. The number of nitrogens with zero attached hydrogens (tertiary/aromatic N) is 1. The Morgan fingerprint density at radius 2 is 2.13 bits per heavy atom. The van der Waals surface area contributed by atoms with Gasteiger partial charge in [0.2, 0.25) is 0 Å². The van der Waals surface area contributed by atoms with Gasteiger partial charge in [0.05, 0.1) is 5.69 Å². The second-order valence-corrected chi connectivity index (χ2v) is 4.66. The number of anilines is 1. The number of aromatic nitrogens is 1. The molecule has 0 aliphatic carbocycles. The summed E-state index contributed by atoms with van der Waals surface area (Å²) in [5.41, 5.74) is 4.37. The Kier molecular flexibility index (Phi) is 2.90. The van der Waals surface area contributed by atoms with Gasteiger partial charge in [0, 0.05) is 15.5 Å². The van der Waals surface area contributed by atoms with E-state index in [-0.39, 0.29) is 0 Å². The van der Waals surface area contributed by atoms with Gasteiger partial charge in [0.25, 0.3) is 0 Å². The largest absolute Gasteiger partial charge is 0.300 e. The molecule has 3 N–H and O–H groups in total. The lowest BCUT2D eigenvalue weighted by Crippen LogP contribution is -2.05. The average molecular weight is 240 g/mol. The first-order valence-electron chi connectivity index (χ1n) is 4.41. The monoisotopic (exact) mass is 239 g/mol. The second kappa shape index (κ2) is 4.18. The van der Waals surface area contributed by atoms with Crippen LogP contribution in [0.4, 0.5) is 5.13 Å². The maximum absolute atomic E-state index is 6.10. The molecule has 0 amide bonds. The Morgan fingerprint density at radius 1 is 1.40 bits per heavy atom. The summed E-state index contributed by atoms with van der Waals surface area (Å²) in [6.45, 7) is 2.00. The minimum atomic E-state index is 0.697.